The average Bonchev–Trinajstić information content (AvgIpc) is 3.86. The van der Waals surface area contributed by atoms with Crippen LogP contribution in [-0.4, -0.2) is 0 Å². The van der Waals surface area contributed by atoms with Crippen LogP contribution in [0.3, 0.4) is 0 Å². The van der Waals surface area contributed by atoms with E-state index < -0.39 is 0 Å². The van der Waals surface area contributed by atoms with Crippen molar-refractivity contribution in [2.75, 3.05) is 4.90 Å². The minimum atomic E-state index is 0.814. The van der Waals surface area contributed by atoms with Gasteiger partial charge in [0.05, 0.1) is 16.1 Å². The van der Waals surface area contributed by atoms with Crippen LogP contribution in [0.2, 0.25) is 0 Å². The van der Waals surface area contributed by atoms with Crippen molar-refractivity contribution in [3.05, 3.63) is 217 Å². The Bertz CT molecular complexity index is 3430. The molecule has 11 rings (SSSR count). The molecule has 2 heterocycles. The normalized spacial score (nSPS) is 12.3. The fourth-order valence-corrected chi connectivity index (χ4v) is 10.0. The molecule has 0 bridgehead atoms. The number of furan rings is 1. The molecule has 0 N–H and O–H groups in total. The summed E-state index contributed by atoms with van der Waals surface area (Å²) in [7, 11) is 0. The van der Waals surface area contributed by atoms with Crippen LogP contribution in [0.4, 0.5) is 17.1 Å². The van der Waals surface area contributed by atoms with E-state index >= 15 is 0 Å². The predicted molar refractivity (Wildman–Crippen MR) is 255 cm³/mol. The minimum absolute atomic E-state index is 0.814. The summed E-state index contributed by atoms with van der Waals surface area (Å²) in [5.41, 5.74) is 11.1. The van der Waals surface area contributed by atoms with Crippen molar-refractivity contribution in [1.29, 1.82) is 0 Å². The molecule has 0 spiro atoms. The summed E-state index contributed by atoms with van der Waals surface area (Å²) in [5.74, 6) is 0. The third-order valence-corrected chi connectivity index (χ3v) is 12.8. The van der Waals surface area contributed by atoms with Gasteiger partial charge in [-0.3, -0.25) is 0 Å². The highest BCUT2D eigenvalue weighted by atomic mass is 32.1. The van der Waals surface area contributed by atoms with E-state index in [1.807, 2.05) is 11.3 Å². The van der Waals surface area contributed by atoms with Crippen LogP contribution < -0.4 is 4.90 Å². The zero-order chi connectivity index (χ0) is 39.3. The predicted octanol–water partition coefficient (Wildman–Crippen LogP) is 16.6. The summed E-state index contributed by atoms with van der Waals surface area (Å²) in [6.45, 7) is 2.09. The monoisotopic (exact) mass is 773 g/mol. The Balaban J connectivity index is 1.06. The van der Waals surface area contributed by atoms with Gasteiger partial charge < -0.3 is 9.32 Å². The second-order valence-corrected chi connectivity index (χ2v) is 16.2. The number of fused-ring (bicyclic) bond motifs is 8. The first-order valence-electron chi connectivity index (χ1n) is 20.3. The van der Waals surface area contributed by atoms with E-state index in [4.69, 9.17) is 4.42 Å². The maximum absolute atomic E-state index is 6.81. The van der Waals surface area contributed by atoms with Crippen LogP contribution in [0.15, 0.2) is 211 Å². The lowest BCUT2D eigenvalue weighted by atomic mass is 9.96. The van der Waals surface area contributed by atoms with Crippen LogP contribution in [0.25, 0.3) is 80.4 Å². The first-order chi connectivity index (χ1) is 29.2. The Morgan fingerprint density at radius 1 is 0.542 bits per heavy atom. The van der Waals surface area contributed by atoms with E-state index in [1.54, 1.807) is 0 Å². The fraction of sp³-hybridized carbons (Fsp3) is 0.0357. The highest BCUT2D eigenvalue weighted by Gasteiger charge is 2.23. The summed E-state index contributed by atoms with van der Waals surface area (Å²) in [6, 6.07) is 68.1. The van der Waals surface area contributed by atoms with Gasteiger partial charge >= 0.3 is 0 Å². The van der Waals surface area contributed by atoms with Crippen molar-refractivity contribution in [2.45, 2.75) is 13.3 Å². The Labute approximate surface area is 347 Å². The molecule has 11 aromatic rings. The molecule has 0 radical (unpaired) electrons. The number of hydrogen-bond donors (Lipinski definition) is 0. The molecule has 0 unspecified atom stereocenters. The maximum atomic E-state index is 6.81. The molecule has 0 aliphatic rings. The first-order valence-corrected chi connectivity index (χ1v) is 21.1. The number of hydrogen-bond acceptors (Lipinski definition) is 3. The van der Waals surface area contributed by atoms with E-state index in [0.29, 0.717) is 0 Å². The number of rotatable bonds is 8. The lowest BCUT2D eigenvalue weighted by molar-refractivity contribution is 0.670. The van der Waals surface area contributed by atoms with Gasteiger partial charge in [-0.15, -0.1) is 11.3 Å². The highest BCUT2D eigenvalue weighted by molar-refractivity contribution is 7.26. The third-order valence-electron chi connectivity index (χ3n) is 11.6. The molecule has 0 aliphatic carbocycles. The summed E-state index contributed by atoms with van der Waals surface area (Å²) >= 11 is 1.86. The van der Waals surface area contributed by atoms with Gasteiger partial charge in [0.2, 0.25) is 0 Å². The number of allylic oxidation sites excluding steroid dienone is 4. The van der Waals surface area contributed by atoms with E-state index in [2.05, 4.69) is 218 Å². The Morgan fingerprint density at radius 2 is 1.19 bits per heavy atom. The zero-order valence-corrected chi connectivity index (χ0v) is 33.4. The van der Waals surface area contributed by atoms with Crippen LogP contribution in [0, 0.1) is 0 Å². The quantitative estimate of drug-likeness (QED) is 0.143. The van der Waals surface area contributed by atoms with Crippen LogP contribution >= 0.6 is 11.3 Å². The highest BCUT2D eigenvalue weighted by Crippen LogP contribution is 2.48. The zero-order valence-electron chi connectivity index (χ0n) is 32.6. The number of nitrogens with zero attached hydrogens (tertiary/aromatic N) is 1. The molecule has 9 aromatic carbocycles. The summed E-state index contributed by atoms with van der Waals surface area (Å²) in [4.78, 5) is 2.45. The maximum Gasteiger partial charge on any atom is 0.143 e. The molecule has 0 atom stereocenters. The van der Waals surface area contributed by atoms with Gasteiger partial charge in [0.25, 0.3) is 0 Å². The largest absolute Gasteiger partial charge is 0.455 e. The fourth-order valence-electron chi connectivity index (χ4n) is 8.84. The topological polar surface area (TPSA) is 16.4 Å². The number of para-hydroxylation sites is 2. The van der Waals surface area contributed by atoms with Gasteiger partial charge in [0.15, 0.2) is 0 Å². The van der Waals surface area contributed by atoms with Crippen molar-refractivity contribution in [3.63, 3.8) is 0 Å². The van der Waals surface area contributed by atoms with Gasteiger partial charge in [0.1, 0.15) is 11.2 Å². The molecule has 59 heavy (non-hydrogen) atoms. The molecule has 280 valence electrons. The molecule has 0 aliphatic heterocycles. The molecule has 2 aromatic heterocycles. The van der Waals surface area contributed by atoms with Gasteiger partial charge in [-0.05, 0) is 94.1 Å². The van der Waals surface area contributed by atoms with Gasteiger partial charge in [-0.25, -0.2) is 0 Å². The van der Waals surface area contributed by atoms with E-state index in [0.717, 1.165) is 56.5 Å². The molecular weight excluding hydrogens is 735 g/mol. The Hall–Kier alpha value is -7.20. The number of anilines is 3. The van der Waals surface area contributed by atoms with Crippen molar-refractivity contribution in [1.82, 2.24) is 0 Å². The van der Waals surface area contributed by atoms with E-state index in [9.17, 15) is 0 Å². The minimum Gasteiger partial charge on any atom is -0.455 e. The summed E-state index contributed by atoms with van der Waals surface area (Å²) in [5, 5.41) is 9.71. The third kappa shape index (κ3) is 6.10. The van der Waals surface area contributed by atoms with Crippen molar-refractivity contribution in [3.8, 4) is 11.1 Å². The molecule has 0 saturated heterocycles. The molecule has 0 amide bonds. The lowest BCUT2D eigenvalue weighted by Gasteiger charge is -2.28. The van der Waals surface area contributed by atoms with Gasteiger partial charge in [-0.2, -0.15) is 0 Å². The van der Waals surface area contributed by atoms with Crippen molar-refractivity contribution < 1.29 is 4.42 Å². The molecule has 0 saturated carbocycles. The second-order valence-electron chi connectivity index (χ2n) is 15.1. The van der Waals surface area contributed by atoms with Crippen molar-refractivity contribution >= 4 is 97.6 Å². The first kappa shape index (κ1) is 35.0. The van der Waals surface area contributed by atoms with Gasteiger partial charge in [-0.1, -0.05) is 164 Å². The van der Waals surface area contributed by atoms with Crippen LogP contribution in [-0.2, 0) is 6.42 Å². The van der Waals surface area contributed by atoms with E-state index in [-0.39, 0.29) is 0 Å². The van der Waals surface area contributed by atoms with Crippen LogP contribution in [0.5, 0.6) is 0 Å². The molecule has 2 nitrogen and oxygen atoms in total. The Morgan fingerprint density at radius 3 is 2.05 bits per heavy atom. The summed E-state index contributed by atoms with van der Waals surface area (Å²) in [6.07, 6.45) is 7.54. The molecule has 0 fully saturated rings. The van der Waals surface area contributed by atoms with Gasteiger partial charge in [0, 0.05) is 43.1 Å². The second kappa shape index (κ2) is 14.6. The SMILES string of the molecule is C/C=C\C(=C/Cc1ccc(N(c2ccccc2-c2cccc3c2oc2cc4ccccc4cc23)c2cccc3c2sc2ccccc23)cc1)c1cccc2ccccc12. The smallest absolute Gasteiger partial charge is 0.143 e. The van der Waals surface area contributed by atoms with Crippen LogP contribution in [0.1, 0.15) is 18.1 Å². The number of thiophene rings is 1. The average molecular weight is 774 g/mol. The summed E-state index contributed by atoms with van der Waals surface area (Å²) < 4.78 is 9.36. The standard InChI is InChI=1S/C56H39NOS/c1-2-14-38(44-22-11-18-39-15-5-6-19-43(39)44)32-29-37-30-33-42(34-31-37)57(52-27-13-25-49-46-21-8-10-28-54(46)59-56(49)52)51-26-9-7-20-45(51)47-23-12-24-48-50-35-40-16-3-4-17-41(40)36-53(50)58-55(47)48/h2-28,30-36H,29H2,1H3/b14-2-,38-32+. The van der Waals surface area contributed by atoms with Crippen molar-refractivity contribution in [2.24, 2.45) is 0 Å². The Kier molecular flexibility index (Phi) is 8.68. The molecular formula is C56H39NOS. The molecule has 3 heteroatoms. The lowest BCUT2D eigenvalue weighted by Crippen LogP contribution is -2.11. The number of benzene rings is 9. The van der Waals surface area contributed by atoms with E-state index in [1.165, 1.54) is 58.4 Å².